The van der Waals surface area contributed by atoms with Crippen LogP contribution in [0.4, 0.5) is 0 Å². The second kappa shape index (κ2) is 6.54. The molecule has 0 unspecified atom stereocenters. The minimum absolute atomic E-state index is 0.406. The molecule has 7 heteroatoms. The van der Waals surface area contributed by atoms with Crippen LogP contribution in [0.1, 0.15) is 49.7 Å². The fourth-order valence-electron chi connectivity index (χ4n) is 4.45. The summed E-state index contributed by atoms with van der Waals surface area (Å²) < 4.78 is 2.43. The lowest BCUT2D eigenvalue weighted by atomic mass is 9.84. The number of imidazole rings is 1. The summed E-state index contributed by atoms with van der Waals surface area (Å²) in [5.74, 6) is 1.58. The standard InChI is InChI=1S/C20H21N7/c21-8-5-13-1-3-15(4-2-13)27-18(11-14-6-10-24-26-14)25-17-12-23-20-16(19(17)27)7-9-22-20/h6-7,9-10,12-13,15H,1-5,11H2,(H,22,23)(H,24,26). The third kappa shape index (κ3) is 2.78. The van der Waals surface area contributed by atoms with Crippen molar-refractivity contribution in [2.45, 2.75) is 44.6 Å². The zero-order valence-electron chi connectivity index (χ0n) is 15.0. The van der Waals surface area contributed by atoms with E-state index < -0.39 is 0 Å². The average Bonchev–Trinajstić information content (AvgIpc) is 3.41. The van der Waals surface area contributed by atoms with E-state index in [0.29, 0.717) is 18.4 Å². The summed E-state index contributed by atoms with van der Waals surface area (Å²) in [6.07, 6.45) is 11.3. The summed E-state index contributed by atoms with van der Waals surface area (Å²) in [6.45, 7) is 0. The van der Waals surface area contributed by atoms with Crippen LogP contribution in [0.3, 0.4) is 0 Å². The van der Waals surface area contributed by atoms with Crippen molar-refractivity contribution in [3.8, 4) is 6.07 Å². The van der Waals surface area contributed by atoms with E-state index in [2.05, 4.69) is 36.9 Å². The molecule has 0 radical (unpaired) electrons. The largest absolute Gasteiger partial charge is 0.346 e. The van der Waals surface area contributed by atoms with Crippen LogP contribution < -0.4 is 0 Å². The Hall–Kier alpha value is -3.14. The van der Waals surface area contributed by atoms with Crippen molar-refractivity contribution in [3.05, 3.63) is 42.2 Å². The van der Waals surface area contributed by atoms with Gasteiger partial charge in [-0.1, -0.05) is 0 Å². The molecule has 0 spiro atoms. The van der Waals surface area contributed by atoms with Crippen molar-refractivity contribution in [1.29, 1.82) is 5.26 Å². The zero-order valence-corrected chi connectivity index (χ0v) is 15.0. The molecular formula is C20H21N7. The smallest absolute Gasteiger partial charge is 0.139 e. The van der Waals surface area contributed by atoms with E-state index in [1.54, 1.807) is 6.20 Å². The fourth-order valence-corrected chi connectivity index (χ4v) is 4.45. The maximum absolute atomic E-state index is 9.01. The minimum Gasteiger partial charge on any atom is -0.346 e. The Morgan fingerprint density at radius 1 is 1.22 bits per heavy atom. The predicted molar refractivity (Wildman–Crippen MR) is 102 cm³/mol. The summed E-state index contributed by atoms with van der Waals surface area (Å²) >= 11 is 0. The highest BCUT2D eigenvalue weighted by Crippen LogP contribution is 2.38. The van der Waals surface area contributed by atoms with E-state index in [0.717, 1.165) is 60.2 Å². The number of hydrogen-bond donors (Lipinski definition) is 2. The molecule has 4 aromatic rings. The Balaban J connectivity index is 1.61. The average molecular weight is 359 g/mol. The fraction of sp³-hybridized carbons (Fsp3) is 0.400. The van der Waals surface area contributed by atoms with Crippen molar-refractivity contribution < 1.29 is 0 Å². The molecule has 1 aliphatic rings. The second-order valence-electron chi connectivity index (χ2n) is 7.43. The highest BCUT2D eigenvalue weighted by Gasteiger charge is 2.27. The molecule has 4 aromatic heterocycles. The highest BCUT2D eigenvalue weighted by atomic mass is 15.1. The van der Waals surface area contributed by atoms with Gasteiger partial charge < -0.3 is 9.55 Å². The number of fused-ring (bicyclic) bond motifs is 3. The number of pyridine rings is 1. The van der Waals surface area contributed by atoms with Crippen molar-refractivity contribution in [1.82, 2.24) is 29.7 Å². The second-order valence-corrected chi connectivity index (χ2v) is 7.43. The Bertz CT molecular complexity index is 1100. The van der Waals surface area contributed by atoms with Crippen LogP contribution in [0.15, 0.2) is 30.7 Å². The molecular weight excluding hydrogens is 338 g/mol. The van der Waals surface area contributed by atoms with E-state index in [1.165, 1.54) is 5.52 Å². The van der Waals surface area contributed by atoms with Crippen LogP contribution in [0.2, 0.25) is 0 Å². The van der Waals surface area contributed by atoms with Crippen molar-refractivity contribution in [3.63, 3.8) is 0 Å². The van der Waals surface area contributed by atoms with E-state index >= 15 is 0 Å². The van der Waals surface area contributed by atoms with Gasteiger partial charge >= 0.3 is 0 Å². The summed E-state index contributed by atoms with van der Waals surface area (Å²) in [5, 5.41) is 17.3. The Morgan fingerprint density at radius 3 is 2.89 bits per heavy atom. The molecule has 1 fully saturated rings. The Labute approximate surface area is 156 Å². The Kier molecular flexibility index (Phi) is 3.89. The number of aromatic amines is 2. The maximum Gasteiger partial charge on any atom is 0.139 e. The molecule has 0 atom stereocenters. The minimum atomic E-state index is 0.406. The highest BCUT2D eigenvalue weighted by molar-refractivity contribution is 6.01. The van der Waals surface area contributed by atoms with Crippen LogP contribution >= 0.6 is 0 Å². The summed E-state index contributed by atoms with van der Waals surface area (Å²) in [6, 6.07) is 6.83. The molecule has 27 heavy (non-hydrogen) atoms. The van der Waals surface area contributed by atoms with Gasteiger partial charge in [0.2, 0.25) is 0 Å². The molecule has 0 amide bonds. The first-order chi connectivity index (χ1) is 13.3. The van der Waals surface area contributed by atoms with Crippen LogP contribution in [-0.2, 0) is 6.42 Å². The normalized spacial score (nSPS) is 20.3. The number of nitriles is 1. The van der Waals surface area contributed by atoms with E-state index in [-0.39, 0.29) is 0 Å². The monoisotopic (exact) mass is 359 g/mol. The van der Waals surface area contributed by atoms with Crippen LogP contribution in [0.25, 0.3) is 22.1 Å². The van der Waals surface area contributed by atoms with Gasteiger partial charge in [0.25, 0.3) is 0 Å². The third-order valence-corrected chi connectivity index (χ3v) is 5.78. The van der Waals surface area contributed by atoms with E-state index in [4.69, 9.17) is 10.2 Å². The SMILES string of the molecule is N#CCC1CCC(n2c(Cc3ccn[nH]3)nc3cnc4[nH]ccc4c32)CC1. The first kappa shape index (κ1) is 16.1. The van der Waals surface area contributed by atoms with Crippen LogP contribution in [0.5, 0.6) is 0 Å². The van der Waals surface area contributed by atoms with Gasteiger partial charge in [-0.3, -0.25) is 5.10 Å². The third-order valence-electron chi connectivity index (χ3n) is 5.78. The molecule has 0 bridgehead atoms. The summed E-state index contributed by atoms with van der Waals surface area (Å²) in [7, 11) is 0. The van der Waals surface area contributed by atoms with Crippen molar-refractivity contribution in [2.75, 3.05) is 0 Å². The lowest BCUT2D eigenvalue weighted by Crippen LogP contribution is -2.20. The zero-order chi connectivity index (χ0) is 18.2. The first-order valence-electron chi connectivity index (χ1n) is 9.51. The Morgan fingerprint density at radius 2 is 2.11 bits per heavy atom. The van der Waals surface area contributed by atoms with E-state index in [9.17, 15) is 0 Å². The predicted octanol–water partition coefficient (Wildman–Crippen LogP) is 3.87. The van der Waals surface area contributed by atoms with Crippen molar-refractivity contribution in [2.24, 2.45) is 5.92 Å². The molecule has 7 nitrogen and oxygen atoms in total. The van der Waals surface area contributed by atoms with E-state index in [1.807, 2.05) is 18.5 Å². The van der Waals surface area contributed by atoms with Gasteiger partial charge in [-0.15, -0.1) is 0 Å². The summed E-state index contributed by atoms with van der Waals surface area (Å²) in [4.78, 5) is 12.7. The molecule has 4 heterocycles. The number of aromatic nitrogens is 6. The number of nitrogens with one attached hydrogen (secondary N) is 2. The topological polar surface area (TPSA) is 99.0 Å². The molecule has 0 aromatic carbocycles. The first-order valence-corrected chi connectivity index (χ1v) is 9.51. The molecule has 1 saturated carbocycles. The van der Waals surface area contributed by atoms with Crippen LogP contribution in [-0.4, -0.2) is 29.7 Å². The molecule has 5 rings (SSSR count). The van der Waals surface area contributed by atoms with Gasteiger partial charge in [0, 0.05) is 42.4 Å². The van der Waals surface area contributed by atoms with Gasteiger partial charge in [0.15, 0.2) is 0 Å². The van der Waals surface area contributed by atoms with Gasteiger partial charge in [0.1, 0.15) is 17.0 Å². The molecule has 1 aliphatic carbocycles. The van der Waals surface area contributed by atoms with Crippen molar-refractivity contribution >= 4 is 22.1 Å². The maximum atomic E-state index is 9.01. The van der Waals surface area contributed by atoms with Gasteiger partial charge in [0.05, 0.1) is 17.8 Å². The van der Waals surface area contributed by atoms with Crippen LogP contribution in [0, 0.1) is 17.2 Å². The lowest BCUT2D eigenvalue weighted by molar-refractivity contribution is 0.278. The quantitative estimate of drug-likeness (QED) is 0.578. The number of nitrogens with zero attached hydrogens (tertiary/aromatic N) is 5. The number of H-pyrrole nitrogens is 2. The lowest BCUT2D eigenvalue weighted by Gasteiger charge is -2.30. The molecule has 0 saturated heterocycles. The molecule has 0 aliphatic heterocycles. The van der Waals surface area contributed by atoms with Gasteiger partial charge in [-0.05, 0) is 43.7 Å². The number of hydrogen-bond acceptors (Lipinski definition) is 4. The number of rotatable bonds is 4. The summed E-state index contributed by atoms with van der Waals surface area (Å²) in [5.41, 5.74) is 4.06. The molecule has 136 valence electrons. The van der Waals surface area contributed by atoms with Gasteiger partial charge in [-0.2, -0.15) is 10.4 Å². The molecule has 2 N–H and O–H groups in total. The van der Waals surface area contributed by atoms with Gasteiger partial charge in [-0.25, -0.2) is 9.97 Å².